The molecule has 0 bridgehead atoms. The Balaban J connectivity index is 1.73. The standard InChI is InChI=1S/C16H17NO5/c1-16(21-6-7-22-16)12-5-3-4-11(8-12)9-14-17-13(10-20-14)15(18)19-2/h3-8,13H,9-10H2,1-2H3. The Bertz CT molecular complexity index is 629. The highest BCUT2D eigenvalue weighted by Crippen LogP contribution is 2.31. The van der Waals surface area contributed by atoms with Gasteiger partial charge in [-0.05, 0) is 11.6 Å². The minimum Gasteiger partial charge on any atom is -0.478 e. The Morgan fingerprint density at radius 3 is 2.91 bits per heavy atom. The van der Waals surface area contributed by atoms with Gasteiger partial charge in [-0.2, -0.15) is 0 Å². The maximum absolute atomic E-state index is 11.4. The third kappa shape index (κ3) is 2.77. The van der Waals surface area contributed by atoms with Gasteiger partial charge in [0, 0.05) is 18.9 Å². The number of esters is 1. The predicted octanol–water partition coefficient (Wildman–Crippen LogP) is 1.89. The molecule has 6 heteroatoms. The van der Waals surface area contributed by atoms with Crippen LogP contribution in [0.15, 0.2) is 41.8 Å². The smallest absolute Gasteiger partial charge is 0.334 e. The summed E-state index contributed by atoms with van der Waals surface area (Å²) in [6.07, 6.45) is 3.56. The highest BCUT2D eigenvalue weighted by atomic mass is 16.7. The lowest BCUT2D eigenvalue weighted by atomic mass is 10.0. The normalized spacial score (nSPS) is 21.5. The first-order chi connectivity index (χ1) is 10.6. The third-order valence-electron chi connectivity index (χ3n) is 3.63. The molecule has 0 N–H and O–H groups in total. The van der Waals surface area contributed by atoms with Crippen molar-refractivity contribution in [2.75, 3.05) is 13.7 Å². The van der Waals surface area contributed by atoms with Crippen LogP contribution >= 0.6 is 0 Å². The van der Waals surface area contributed by atoms with Crippen LogP contribution < -0.4 is 0 Å². The van der Waals surface area contributed by atoms with Crippen molar-refractivity contribution in [1.82, 2.24) is 0 Å². The van der Waals surface area contributed by atoms with Crippen molar-refractivity contribution in [3.05, 3.63) is 47.9 Å². The topological polar surface area (TPSA) is 66.4 Å². The lowest BCUT2D eigenvalue weighted by molar-refractivity contribution is -0.142. The van der Waals surface area contributed by atoms with Crippen molar-refractivity contribution in [2.24, 2.45) is 4.99 Å². The van der Waals surface area contributed by atoms with Gasteiger partial charge in [0.1, 0.15) is 19.1 Å². The number of aliphatic imine (C=N–C) groups is 1. The molecule has 0 aromatic heterocycles. The SMILES string of the molecule is COC(=O)C1COC(Cc2cccc(C3(C)OC=CO3)c2)=N1. The zero-order valence-corrected chi connectivity index (χ0v) is 12.4. The van der Waals surface area contributed by atoms with Crippen molar-refractivity contribution in [2.45, 2.75) is 25.2 Å². The first-order valence-electron chi connectivity index (χ1n) is 6.98. The molecule has 0 spiro atoms. The molecule has 0 aliphatic carbocycles. The molecule has 3 rings (SSSR count). The summed E-state index contributed by atoms with van der Waals surface area (Å²) in [5.74, 6) is -0.651. The quantitative estimate of drug-likeness (QED) is 0.795. The first-order valence-corrected chi connectivity index (χ1v) is 6.98. The molecular formula is C16H17NO5. The number of hydrogen-bond acceptors (Lipinski definition) is 6. The number of methoxy groups -OCH3 is 1. The molecule has 0 radical (unpaired) electrons. The van der Waals surface area contributed by atoms with Crippen LogP contribution in [0.1, 0.15) is 18.1 Å². The van der Waals surface area contributed by atoms with E-state index < -0.39 is 11.8 Å². The molecule has 2 heterocycles. The van der Waals surface area contributed by atoms with E-state index in [1.54, 1.807) is 0 Å². The van der Waals surface area contributed by atoms with Crippen molar-refractivity contribution in [3.8, 4) is 0 Å². The molecule has 22 heavy (non-hydrogen) atoms. The minimum atomic E-state index is -0.803. The maximum Gasteiger partial charge on any atom is 0.334 e. The fourth-order valence-corrected chi connectivity index (χ4v) is 2.39. The summed E-state index contributed by atoms with van der Waals surface area (Å²) < 4.78 is 21.1. The van der Waals surface area contributed by atoms with Gasteiger partial charge in [0.2, 0.25) is 0 Å². The third-order valence-corrected chi connectivity index (χ3v) is 3.63. The molecule has 1 unspecified atom stereocenters. The molecule has 2 aliphatic heterocycles. The fourth-order valence-electron chi connectivity index (χ4n) is 2.39. The van der Waals surface area contributed by atoms with Crippen molar-refractivity contribution in [3.63, 3.8) is 0 Å². The second-order valence-corrected chi connectivity index (χ2v) is 5.20. The van der Waals surface area contributed by atoms with Crippen molar-refractivity contribution in [1.29, 1.82) is 0 Å². The van der Waals surface area contributed by atoms with Gasteiger partial charge < -0.3 is 18.9 Å². The Hall–Kier alpha value is -2.50. The minimum absolute atomic E-state index is 0.232. The molecule has 0 fully saturated rings. The highest BCUT2D eigenvalue weighted by Gasteiger charge is 2.32. The zero-order valence-electron chi connectivity index (χ0n) is 12.4. The number of carbonyl (C=O) groups excluding carboxylic acids is 1. The van der Waals surface area contributed by atoms with Gasteiger partial charge >= 0.3 is 5.97 Å². The van der Waals surface area contributed by atoms with Gasteiger partial charge in [0.15, 0.2) is 11.9 Å². The molecule has 116 valence electrons. The maximum atomic E-state index is 11.4. The van der Waals surface area contributed by atoms with E-state index in [9.17, 15) is 4.79 Å². The van der Waals surface area contributed by atoms with E-state index >= 15 is 0 Å². The Morgan fingerprint density at radius 1 is 1.41 bits per heavy atom. The van der Waals surface area contributed by atoms with Crippen LogP contribution in [0.25, 0.3) is 0 Å². The molecule has 0 amide bonds. The van der Waals surface area contributed by atoms with Crippen molar-refractivity contribution < 1.29 is 23.7 Å². The van der Waals surface area contributed by atoms with Gasteiger partial charge in [-0.25, -0.2) is 9.79 Å². The summed E-state index contributed by atoms with van der Waals surface area (Å²) in [6, 6.07) is 7.24. The van der Waals surface area contributed by atoms with E-state index in [2.05, 4.69) is 9.73 Å². The number of carbonyl (C=O) groups is 1. The summed E-state index contributed by atoms with van der Waals surface area (Å²) in [4.78, 5) is 15.7. The van der Waals surface area contributed by atoms with E-state index in [1.165, 1.54) is 19.6 Å². The average molecular weight is 303 g/mol. The van der Waals surface area contributed by atoms with E-state index in [4.69, 9.17) is 14.2 Å². The van der Waals surface area contributed by atoms with E-state index in [1.807, 2.05) is 31.2 Å². The Labute approximate surface area is 128 Å². The van der Waals surface area contributed by atoms with Crippen LogP contribution in [0.2, 0.25) is 0 Å². The van der Waals surface area contributed by atoms with Crippen molar-refractivity contribution >= 4 is 11.9 Å². The molecule has 1 aromatic carbocycles. The number of benzene rings is 1. The van der Waals surface area contributed by atoms with Crippen LogP contribution in [-0.2, 0) is 35.9 Å². The van der Waals surface area contributed by atoms with Crippen LogP contribution in [0.3, 0.4) is 0 Å². The van der Waals surface area contributed by atoms with Gasteiger partial charge in [-0.15, -0.1) is 0 Å². The molecular weight excluding hydrogens is 286 g/mol. The van der Waals surface area contributed by atoms with Gasteiger partial charge in [0.25, 0.3) is 5.79 Å². The molecule has 1 aromatic rings. The molecule has 2 aliphatic rings. The zero-order chi connectivity index (χ0) is 15.6. The van der Waals surface area contributed by atoms with Crippen LogP contribution in [0.4, 0.5) is 0 Å². The Morgan fingerprint density at radius 2 is 2.18 bits per heavy atom. The van der Waals surface area contributed by atoms with Crippen LogP contribution in [-0.4, -0.2) is 31.6 Å². The predicted molar refractivity (Wildman–Crippen MR) is 78.0 cm³/mol. The van der Waals surface area contributed by atoms with E-state index in [0.29, 0.717) is 12.3 Å². The monoisotopic (exact) mass is 303 g/mol. The molecule has 0 saturated carbocycles. The fraction of sp³-hybridized carbons (Fsp3) is 0.375. The number of ether oxygens (including phenoxy) is 4. The van der Waals surface area contributed by atoms with Gasteiger partial charge in [-0.1, -0.05) is 18.2 Å². The van der Waals surface area contributed by atoms with Gasteiger partial charge in [0.05, 0.1) is 7.11 Å². The summed E-state index contributed by atoms with van der Waals surface area (Å²) in [7, 11) is 1.34. The summed E-state index contributed by atoms with van der Waals surface area (Å²) in [6.45, 7) is 2.08. The Kier molecular flexibility index (Phi) is 3.75. The summed E-state index contributed by atoms with van der Waals surface area (Å²) in [5, 5.41) is 0. The second kappa shape index (κ2) is 5.71. The average Bonchev–Trinajstić information content (AvgIpc) is 3.17. The second-order valence-electron chi connectivity index (χ2n) is 5.20. The van der Waals surface area contributed by atoms with Gasteiger partial charge in [-0.3, -0.25) is 0 Å². The molecule has 1 atom stereocenters. The molecule has 0 saturated heterocycles. The number of hydrogen-bond donors (Lipinski definition) is 0. The van der Waals surface area contributed by atoms with E-state index in [0.717, 1.165) is 11.1 Å². The lowest BCUT2D eigenvalue weighted by Crippen LogP contribution is -2.22. The number of nitrogens with zero attached hydrogens (tertiary/aromatic N) is 1. The largest absolute Gasteiger partial charge is 0.478 e. The van der Waals surface area contributed by atoms with Crippen LogP contribution in [0, 0.1) is 0 Å². The van der Waals surface area contributed by atoms with Crippen LogP contribution in [0.5, 0.6) is 0 Å². The number of rotatable bonds is 4. The van der Waals surface area contributed by atoms with E-state index in [-0.39, 0.29) is 12.6 Å². The first kappa shape index (κ1) is 14.4. The molecule has 6 nitrogen and oxygen atoms in total. The summed E-state index contributed by atoms with van der Waals surface area (Å²) in [5.41, 5.74) is 1.90. The highest BCUT2D eigenvalue weighted by molar-refractivity contribution is 5.86. The summed E-state index contributed by atoms with van der Waals surface area (Å²) >= 11 is 0. The lowest BCUT2D eigenvalue weighted by Gasteiger charge is -2.23.